The van der Waals surface area contributed by atoms with Crippen molar-refractivity contribution in [2.24, 2.45) is 0 Å². The monoisotopic (exact) mass is 386 g/mol. The summed E-state index contributed by atoms with van der Waals surface area (Å²) in [5.74, 6) is -0.399. The molecule has 0 aliphatic heterocycles. The molecule has 2 aromatic carbocycles. The van der Waals surface area contributed by atoms with Gasteiger partial charge in [0.15, 0.2) is 0 Å². The molecular weight excluding hydrogens is 363 g/mol. The summed E-state index contributed by atoms with van der Waals surface area (Å²) < 4.78 is 38.3. The molecule has 0 fully saturated rings. The SMILES string of the molecule is CCCCCCCc1ccc(Oc2ccccc2[O-])c(S(=O)(=O)O)c1.[Na+]. The summed E-state index contributed by atoms with van der Waals surface area (Å²) in [7, 11) is -4.46. The van der Waals surface area contributed by atoms with E-state index in [0.717, 1.165) is 31.2 Å². The first kappa shape index (κ1) is 23.0. The Kier molecular flexibility index (Phi) is 9.68. The van der Waals surface area contributed by atoms with Gasteiger partial charge in [-0.1, -0.05) is 62.6 Å². The van der Waals surface area contributed by atoms with Gasteiger partial charge in [0, 0.05) is 0 Å². The molecule has 2 aromatic rings. The molecule has 26 heavy (non-hydrogen) atoms. The van der Waals surface area contributed by atoms with Crippen LogP contribution in [0.25, 0.3) is 0 Å². The molecule has 0 unspecified atom stereocenters. The molecule has 0 aliphatic carbocycles. The van der Waals surface area contributed by atoms with E-state index < -0.39 is 10.1 Å². The summed E-state index contributed by atoms with van der Waals surface area (Å²) in [6.45, 7) is 2.15. The second-order valence-corrected chi connectivity index (χ2v) is 7.36. The Morgan fingerprint density at radius 1 is 1.00 bits per heavy atom. The second kappa shape index (κ2) is 10.9. The topological polar surface area (TPSA) is 86.7 Å². The molecule has 0 bridgehead atoms. The minimum absolute atomic E-state index is 0. The minimum Gasteiger partial charge on any atom is -0.870 e. The third kappa shape index (κ3) is 6.93. The van der Waals surface area contributed by atoms with Crippen LogP contribution in [0.2, 0.25) is 0 Å². The smallest absolute Gasteiger partial charge is 0.870 e. The Morgan fingerprint density at radius 3 is 2.35 bits per heavy atom. The van der Waals surface area contributed by atoms with Crippen molar-refractivity contribution in [2.75, 3.05) is 0 Å². The van der Waals surface area contributed by atoms with E-state index in [1.807, 2.05) is 0 Å². The van der Waals surface area contributed by atoms with Crippen molar-refractivity contribution >= 4 is 10.1 Å². The van der Waals surface area contributed by atoms with E-state index in [0.29, 0.717) is 0 Å². The van der Waals surface area contributed by atoms with E-state index in [1.165, 1.54) is 37.1 Å². The first-order chi connectivity index (χ1) is 11.9. The van der Waals surface area contributed by atoms with Gasteiger partial charge in [-0.25, -0.2) is 0 Å². The van der Waals surface area contributed by atoms with Crippen molar-refractivity contribution < 1.29 is 52.4 Å². The number of benzene rings is 2. The molecule has 0 atom stereocenters. The van der Waals surface area contributed by atoms with E-state index in [9.17, 15) is 18.1 Å². The molecule has 0 radical (unpaired) electrons. The molecule has 5 nitrogen and oxygen atoms in total. The molecule has 0 amide bonds. The molecule has 2 rings (SSSR count). The summed E-state index contributed by atoms with van der Waals surface area (Å²) in [5, 5.41) is 11.7. The molecule has 136 valence electrons. The number of rotatable bonds is 9. The molecule has 0 saturated carbocycles. The summed E-state index contributed by atoms with van der Waals surface area (Å²) in [6.07, 6.45) is 6.27. The maximum atomic E-state index is 11.7. The standard InChI is InChI=1S/C19H24O5S.Na/c1-2-3-4-5-6-9-15-12-13-18(19(14-15)25(21,22)23)24-17-11-8-7-10-16(17)20;/h7-8,10-14,20H,2-6,9H2,1H3,(H,21,22,23);/q;+1/p-1. The van der Waals surface area contributed by atoms with Crippen LogP contribution in [-0.2, 0) is 16.5 Å². The molecule has 0 heterocycles. The van der Waals surface area contributed by atoms with Crippen LogP contribution in [0.4, 0.5) is 0 Å². The third-order valence-corrected chi connectivity index (χ3v) is 4.80. The maximum absolute atomic E-state index is 11.7. The number of hydrogen-bond donors (Lipinski definition) is 1. The fourth-order valence-corrected chi connectivity index (χ4v) is 3.24. The Bertz CT molecular complexity index is 805. The fraction of sp³-hybridized carbons (Fsp3) is 0.368. The van der Waals surface area contributed by atoms with Crippen LogP contribution >= 0.6 is 0 Å². The minimum atomic E-state index is -4.46. The van der Waals surface area contributed by atoms with Crippen LogP contribution in [0.15, 0.2) is 47.4 Å². The Labute approximate surface area is 177 Å². The quantitative estimate of drug-likeness (QED) is 0.399. The van der Waals surface area contributed by atoms with Gasteiger partial charge in [0.25, 0.3) is 10.1 Å². The van der Waals surface area contributed by atoms with Crippen molar-refractivity contribution in [3.05, 3.63) is 48.0 Å². The maximum Gasteiger partial charge on any atom is 1.00 e. The van der Waals surface area contributed by atoms with Crippen molar-refractivity contribution in [1.82, 2.24) is 0 Å². The summed E-state index contributed by atoms with van der Waals surface area (Å²) >= 11 is 0. The van der Waals surface area contributed by atoms with E-state index in [1.54, 1.807) is 18.2 Å². The van der Waals surface area contributed by atoms with E-state index in [-0.39, 0.29) is 51.7 Å². The molecule has 0 aromatic heterocycles. The zero-order valence-corrected chi connectivity index (χ0v) is 18.1. The summed E-state index contributed by atoms with van der Waals surface area (Å²) in [6, 6.07) is 10.6. The Balaban J connectivity index is 0.00000338. The van der Waals surface area contributed by atoms with Crippen LogP contribution in [0.1, 0.15) is 44.6 Å². The average molecular weight is 386 g/mol. The third-order valence-electron chi connectivity index (χ3n) is 3.92. The zero-order valence-electron chi connectivity index (χ0n) is 15.3. The molecular formula is C19H23NaO5S. The van der Waals surface area contributed by atoms with Gasteiger partial charge in [-0.2, -0.15) is 8.42 Å². The average Bonchev–Trinajstić information content (AvgIpc) is 2.57. The number of aryl methyl sites for hydroxylation is 1. The number of hydrogen-bond acceptors (Lipinski definition) is 4. The number of unbranched alkanes of at least 4 members (excludes halogenated alkanes) is 4. The van der Waals surface area contributed by atoms with Crippen LogP contribution in [0.3, 0.4) is 0 Å². The Morgan fingerprint density at radius 2 is 1.69 bits per heavy atom. The largest absolute Gasteiger partial charge is 1.00 e. The first-order valence-electron chi connectivity index (χ1n) is 8.46. The van der Waals surface area contributed by atoms with Crippen molar-refractivity contribution in [2.45, 2.75) is 50.3 Å². The normalized spacial score (nSPS) is 11.0. The van der Waals surface area contributed by atoms with Crippen molar-refractivity contribution in [3.8, 4) is 17.2 Å². The van der Waals surface area contributed by atoms with Crippen molar-refractivity contribution in [1.29, 1.82) is 0 Å². The fourth-order valence-electron chi connectivity index (χ4n) is 2.58. The van der Waals surface area contributed by atoms with Gasteiger partial charge in [-0.15, -0.1) is 0 Å². The second-order valence-electron chi connectivity index (χ2n) is 5.97. The van der Waals surface area contributed by atoms with Crippen LogP contribution < -0.4 is 39.4 Å². The first-order valence-corrected chi connectivity index (χ1v) is 9.90. The van der Waals surface area contributed by atoms with Gasteiger partial charge in [0.1, 0.15) is 16.4 Å². The predicted molar refractivity (Wildman–Crippen MR) is 94.7 cm³/mol. The van der Waals surface area contributed by atoms with Crippen LogP contribution in [-0.4, -0.2) is 13.0 Å². The molecule has 0 aliphatic rings. The van der Waals surface area contributed by atoms with Crippen LogP contribution in [0, 0.1) is 0 Å². The van der Waals surface area contributed by atoms with Gasteiger partial charge in [0.2, 0.25) is 0 Å². The predicted octanol–water partition coefficient (Wildman–Crippen LogP) is 1.32. The molecule has 0 saturated heterocycles. The van der Waals surface area contributed by atoms with E-state index in [4.69, 9.17) is 4.74 Å². The zero-order chi connectivity index (χ0) is 18.3. The number of para-hydroxylation sites is 2. The molecule has 7 heteroatoms. The molecule has 0 spiro atoms. The van der Waals surface area contributed by atoms with Gasteiger partial charge in [-0.05, 0) is 36.6 Å². The van der Waals surface area contributed by atoms with Gasteiger partial charge in [0.05, 0.1) is 0 Å². The number of ether oxygens (including phenoxy) is 1. The van der Waals surface area contributed by atoms with Gasteiger partial charge in [-0.3, -0.25) is 4.55 Å². The van der Waals surface area contributed by atoms with Gasteiger partial charge < -0.3 is 9.84 Å². The van der Waals surface area contributed by atoms with Gasteiger partial charge >= 0.3 is 29.6 Å². The summed E-state index contributed by atoms with van der Waals surface area (Å²) in [4.78, 5) is -0.318. The van der Waals surface area contributed by atoms with E-state index >= 15 is 0 Å². The van der Waals surface area contributed by atoms with E-state index in [2.05, 4.69) is 6.92 Å². The summed E-state index contributed by atoms with van der Waals surface area (Å²) in [5.41, 5.74) is 0.812. The van der Waals surface area contributed by atoms with Crippen LogP contribution in [0.5, 0.6) is 17.2 Å². The molecule has 1 N–H and O–H groups in total. The Hall–Kier alpha value is -1.05. The van der Waals surface area contributed by atoms with Crippen molar-refractivity contribution in [3.63, 3.8) is 0 Å².